The highest BCUT2D eigenvalue weighted by atomic mass is 19.2. The van der Waals surface area contributed by atoms with Gasteiger partial charge in [-0.25, -0.2) is 13.6 Å². The molecule has 1 rings (SSSR count). The van der Waals surface area contributed by atoms with Crippen molar-refractivity contribution in [2.24, 2.45) is 0 Å². The summed E-state index contributed by atoms with van der Waals surface area (Å²) in [5.74, 6) is -1.99. The standard InChI is InChI=1S/C11H16F2N4O/c1-17(2)11(18)16-6-5-15-10-8(14)4-3-7(12)9(10)13/h3-4,15H,5-6,14H2,1-2H3,(H,16,18). The molecule has 0 aliphatic heterocycles. The molecule has 0 aliphatic carbocycles. The summed E-state index contributed by atoms with van der Waals surface area (Å²) in [6.45, 7) is 0.510. The van der Waals surface area contributed by atoms with Crippen LogP contribution in [0.25, 0.3) is 0 Å². The number of urea groups is 1. The fourth-order valence-electron chi connectivity index (χ4n) is 1.26. The van der Waals surface area contributed by atoms with Gasteiger partial charge in [0.2, 0.25) is 0 Å². The summed E-state index contributed by atoms with van der Waals surface area (Å²) in [6, 6.07) is 1.98. The molecule has 2 amide bonds. The summed E-state index contributed by atoms with van der Waals surface area (Å²) in [5.41, 5.74) is 5.55. The number of carbonyl (C=O) groups is 1. The van der Waals surface area contributed by atoms with Crippen LogP contribution in [-0.2, 0) is 0 Å². The molecule has 0 saturated carbocycles. The topological polar surface area (TPSA) is 70.4 Å². The van der Waals surface area contributed by atoms with Crippen molar-refractivity contribution in [1.29, 1.82) is 0 Å². The van der Waals surface area contributed by atoms with Gasteiger partial charge in [0, 0.05) is 27.2 Å². The molecule has 18 heavy (non-hydrogen) atoms. The van der Waals surface area contributed by atoms with Gasteiger partial charge >= 0.3 is 6.03 Å². The monoisotopic (exact) mass is 258 g/mol. The summed E-state index contributed by atoms with van der Waals surface area (Å²) in [4.78, 5) is 12.5. The van der Waals surface area contributed by atoms with Crippen molar-refractivity contribution in [1.82, 2.24) is 10.2 Å². The first-order valence-electron chi connectivity index (χ1n) is 5.36. The summed E-state index contributed by atoms with van der Waals surface area (Å²) < 4.78 is 26.3. The number of anilines is 2. The number of nitrogens with zero attached hydrogens (tertiary/aromatic N) is 1. The van der Waals surface area contributed by atoms with Gasteiger partial charge in [-0.1, -0.05) is 0 Å². The van der Waals surface area contributed by atoms with Crippen molar-refractivity contribution in [2.45, 2.75) is 0 Å². The van der Waals surface area contributed by atoms with Crippen LogP contribution in [0.4, 0.5) is 25.0 Å². The van der Waals surface area contributed by atoms with E-state index in [2.05, 4.69) is 10.6 Å². The van der Waals surface area contributed by atoms with E-state index in [4.69, 9.17) is 5.73 Å². The van der Waals surface area contributed by atoms with Crippen LogP contribution in [0, 0.1) is 11.6 Å². The van der Waals surface area contributed by atoms with Crippen LogP contribution in [0.3, 0.4) is 0 Å². The second-order valence-corrected chi connectivity index (χ2v) is 3.88. The van der Waals surface area contributed by atoms with Gasteiger partial charge in [-0.2, -0.15) is 0 Å². The molecule has 0 unspecified atom stereocenters. The zero-order valence-corrected chi connectivity index (χ0v) is 10.3. The maximum Gasteiger partial charge on any atom is 0.316 e. The zero-order valence-electron chi connectivity index (χ0n) is 10.3. The number of nitrogen functional groups attached to an aromatic ring is 1. The molecule has 0 aromatic heterocycles. The summed E-state index contributed by atoms with van der Waals surface area (Å²) in [7, 11) is 3.21. The molecule has 0 saturated heterocycles. The molecule has 1 aromatic carbocycles. The molecule has 0 bridgehead atoms. The molecule has 4 N–H and O–H groups in total. The Labute approximate surface area is 104 Å². The van der Waals surface area contributed by atoms with Gasteiger partial charge in [-0.15, -0.1) is 0 Å². The van der Waals surface area contributed by atoms with E-state index in [0.29, 0.717) is 0 Å². The number of rotatable bonds is 4. The van der Waals surface area contributed by atoms with E-state index in [1.165, 1.54) is 11.0 Å². The SMILES string of the molecule is CN(C)C(=O)NCCNc1c(N)ccc(F)c1F. The molecular weight excluding hydrogens is 242 g/mol. The smallest absolute Gasteiger partial charge is 0.316 e. The van der Waals surface area contributed by atoms with Gasteiger partial charge in [0.15, 0.2) is 11.6 Å². The summed E-state index contributed by atoms with van der Waals surface area (Å²) >= 11 is 0. The lowest BCUT2D eigenvalue weighted by atomic mass is 10.2. The Morgan fingerprint density at radius 3 is 2.61 bits per heavy atom. The number of carbonyl (C=O) groups excluding carboxylic acids is 1. The third-order valence-electron chi connectivity index (χ3n) is 2.24. The molecule has 0 heterocycles. The Morgan fingerprint density at radius 1 is 1.33 bits per heavy atom. The Morgan fingerprint density at radius 2 is 2.00 bits per heavy atom. The first-order chi connectivity index (χ1) is 8.43. The van der Waals surface area contributed by atoms with Crippen LogP contribution >= 0.6 is 0 Å². The predicted molar refractivity (Wildman–Crippen MR) is 66.3 cm³/mol. The van der Waals surface area contributed by atoms with Crippen LogP contribution in [0.1, 0.15) is 0 Å². The number of halogens is 2. The van der Waals surface area contributed by atoms with Gasteiger partial charge < -0.3 is 21.3 Å². The number of amides is 2. The molecule has 7 heteroatoms. The van der Waals surface area contributed by atoms with Crippen molar-refractivity contribution >= 4 is 17.4 Å². The summed E-state index contributed by atoms with van der Waals surface area (Å²) in [6.07, 6.45) is 0. The number of nitrogens with one attached hydrogen (secondary N) is 2. The van der Waals surface area contributed by atoms with E-state index >= 15 is 0 Å². The Hall–Kier alpha value is -2.05. The second kappa shape index (κ2) is 6.04. The van der Waals surface area contributed by atoms with E-state index in [0.717, 1.165) is 6.07 Å². The van der Waals surface area contributed by atoms with Gasteiger partial charge in [0.05, 0.1) is 11.4 Å². The highest BCUT2D eigenvalue weighted by Gasteiger charge is 2.11. The van der Waals surface area contributed by atoms with Gasteiger partial charge in [-0.3, -0.25) is 0 Å². The van der Waals surface area contributed by atoms with Gasteiger partial charge in [-0.05, 0) is 12.1 Å². The van der Waals surface area contributed by atoms with Crippen molar-refractivity contribution in [3.05, 3.63) is 23.8 Å². The molecule has 0 spiro atoms. The number of hydrogen-bond acceptors (Lipinski definition) is 3. The average Bonchev–Trinajstić information content (AvgIpc) is 2.32. The highest BCUT2D eigenvalue weighted by Crippen LogP contribution is 2.23. The Kier molecular flexibility index (Phi) is 4.70. The largest absolute Gasteiger partial charge is 0.397 e. The lowest BCUT2D eigenvalue weighted by Crippen LogP contribution is -2.37. The van der Waals surface area contributed by atoms with Gasteiger partial charge in [0.25, 0.3) is 0 Å². The first kappa shape index (κ1) is 14.0. The molecule has 0 fully saturated rings. The average molecular weight is 258 g/mol. The third kappa shape index (κ3) is 3.47. The van der Waals surface area contributed by atoms with E-state index in [9.17, 15) is 13.6 Å². The maximum absolute atomic E-state index is 13.4. The predicted octanol–water partition coefficient (Wildman–Crippen LogP) is 1.23. The molecule has 1 aromatic rings. The third-order valence-corrected chi connectivity index (χ3v) is 2.24. The van der Waals surface area contributed by atoms with Crippen LogP contribution in [0.15, 0.2) is 12.1 Å². The highest BCUT2D eigenvalue weighted by molar-refractivity contribution is 5.73. The van der Waals surface area contributed by atoms with Crippen LogP contribution < -0.4 is 16.4 Å². The quantitative estimate of drug-likeness (QED) is 0.562. The molecule has 5 nitrogen and oxygen atoms in total. The number of nitrogens with two attached hydrogens (primary N) is 1. The molecule has 100 valence electrons. The maximum atomic E-state index is 13.4. The first-order valence-corrected chi connectivity index (χ1v) is 5.36. The lowest BCUT2D eigenvalue weighted by molar-refractivity contribution is 0.218. The molecular formula is C11H16F2N4O. The van der Waals surface area contributed by atoms with E-state index < -0.39 is 11.6 Å². The second-order valence-electron chi connectivity index (χ2n) is 3.88. The zero-order chi connectivity index (χ0) is 13.7. The Bertz CT molecular complexity index is 437. The fraction of sp³-hybridized carbons (Fsp3) is 0.364. The van der Waals surface area contributed by atoms with E-state index in [-0.39, 0.29) is 30.5 Å². The van der Waals surface area contributed by atoms with Crippen LogP contribution in [-0.4, -0.2) is 38.1 Å². The van der Waals surface area contributed by atoms with E-state index in [1.54, 1.807) is 14.1 Å². The normalized spacial score (nSPS) is 10.0. The molecule has 0 aliphatic rings. The Balaban J connectivity index is 2.50. The fourth-order valence-corrected chi connectivity index (χ4v) is 1.26. The molecule has 0 radical (unpaired) electrons. The minimum absolute atomic E-state index is 0.0888. The summed E-state index contributed by atoms with van der Waals surface area (Å²) in [5, 5.41) is 5.22. The number of hydrogen-bond donors (Lipinski definition) is 3. The van der Waals surface area contributed by atoms with Crippen molar-refractivity contribution in [2.75, 3.05) is 38.2 Å². The van der Waals surface area contributed by atoms with Crippen molar-refractivity contribution in [3.8, 4) is 0 Å². The van der Waals surface area contributed by atoms with Crippen molar-refractivity contribution < 1.29 is 13.6 Å². The van der Waals surface area contributed by atoms with Crippen LogP contribution in [0.2, 0.25) is 0 Å². The minimum atomic E-state index is -1.02. The minimum Gasteiger partial charge on any atom is -0.397 e. The number of benzene rings is 1. The van der Waals surface area contributed by atoms with Crippen molar-refractivity contribution in [3.63, 3.8) is 0 Å². The molecule has 0 atom stereocenters. The van der Waals surface area contributed by atoms with E-state index in [1.807, 2.05) is 0 Å². The lowest BCUT2D eigenvalue weighted by Gasteiger charge is -2.14. The van der Waals surface area contributed by atoms with Gasteiger partial charge in [0.1, 0.15) is 0 Å². The van der Waals surface area contributed by atoms with Crippen LogP contribution in [0.5, 0.6) is 0 Å².